The molecule has 1 aliphatic rings. The summed E-state index contributed by atoms with van der Waals surface area (Å²) in [5.41, 5.74) is 0. The van der Waals surface area contributed by atoms with E-state index in [-0.39, 0.29) is 6.10 Å². The van der Waals surface area contributed by atoms with Crippen LogP contribution in [0.1, 0.15) is 0 Å². The molecule has 1 aliphatic heterocycles. The van der Waals surface area contributed by atoms with Crippen molar-refractivity contribution in [3.8, 4) is 5.88 Å². The van der Waals surface area contributed by atoms with Crippen LogP contribution in [0.2, 0.25) is 0 Å². The first-order valence-corrected chi connectivity index (χ1v) is 3.57. The molecule has 0 fully saturated rings. The minimum absolute atomic E-state index is 0.142. The van der Waals surface area contributed by atoms with Gasteiger partial charge in [0.15, 0.2) is 0 Å². The monoisotopic (exact) mass is 154 g/mol. The molecule has 1 aromatic heterocycles. The predicted molar refractivity (Wildman–Crippen MR) is 38.5 cm³/mol. The van der Waals surface area contributed by atoms with Crippen LogP contribution in [0.15, 0.2) is 12.3 Å². The van der Waals surface area contributed by atoms with Gasteiger partial charge in [0.05, 0.1) is 19.3 Å². The summed E-state index contributed by atoms with van der Waals surface area (Å²) < 4.78 is 12.3. The molecule has 2 rings (SSSR count). The van der Waals surface area contributed by atoms with Gasteiger partial charge in [-0.3, -0.25) is 0 Å². The van der Waals surface area contributed by atoms with Crippen LogP contribution in [0, 0.1) is 0 Å². The van der Waals surface area contributed by atoms with Gasteiger partial charge in [-0.2, -0.15) is 5.10 Å². The van der Waals surface area contributed by atoms with Gasteiger partial charge in [0.1, 0.15) is 6.10 Å². The van der Waals surface area contributed by atoms with E-state index in [9.17, 15) is 0 Å². The second-order valence-electron chi connectivity index (χ2n) is 2.55. The molecule has 60 valence electrons. The lowest BCUT2D eigenvalue weighted by molar-refractivity contribution is 0.0934. The number of hydrogen-bond donors (Lipinski definition) is 0. The van der Waals surface area contributed by atoms with Gasteiger partial charge in [-0.1, -0.05) is 0 Å². The molecule has 0 saturated heterocycles. The molecule has 0 N–H and O–H groups in total. The molecule has 4 nitrogen and oxygen atoms in total. The Hall–Kier alpha value is -1.03. The Balaban J connectivity index is 2.04. The first kappa shape index (κ1) is 6.67. The van der Waals surface area contributed by atoms with Gasteiger partial charge >= 0.3 is 0 Å². The number of ether oxygens (including phenoxy) is 2. The van der Waals surface area contributed by atoms with Crippen LogP contribution in [0.5, 0.6) is 5.88 Å². The molecular formula is C7H10N2O2. The van der Waals surface area contributed by atoms with Crippen molar-refractivity contribution in [2.75, 3.05) is 13.7 Å². The van der Waals surface area contributed by atoms with Crippen LogP contribution in [0.25, 0.3) is 0 Å². The molecule has 0 aromatic carbocycles. The van der Waals surface area contributed by atoms with E-state index in [1.165, 1.54) is 0 Å². The van der Waals surface area contributed by atoms with E-state index >= 15 is 0 Å². The van der Waals surface area contributed by atoms with E-state index in [2.05, 4.69) is 5.10 Å². The minimum atomic E-state index is 0.142. The summed E-state index contributed by atoms with van der Waals surface area (Å²) in [5.74, 6) is 0.840. The van der Waals surface area contributed by atoms with Crippen LogP contribution >= 0.6 is 0 Å². The number of fused-ring (bicyclic) bond motifs is 1. The zero-order valence-electron chi connectivity index (χ0n) is 6.36. The smallest absolute Gasteiger partial charge is 0.212 e. The Morgan fingerprint density at radius 1 is 1.91 bits per heavy atom. The van der Waals surface area contributed by atoms with Crippen molar-refractivity contribution in [3.63, 3.8) is 0 Å². The van der Waals surface area contributed by atoms with Crippen molar-refractivity contribution in [1.82, 2.24) is 9.78 Å². The largest absolute Gasteiger partial charge is 0.470 e. The van der Waals surface area contributed by atoms with Crippen LogP contribution in [-0.2, 0) is 11.3 Å². The van der Waals surface area contributed by atoms with Gasteiger partial charge in [0.25, 0.3) is 0 Å². The van der Waals surface area contributed by atoms with Crippen LogP contribution in [-0.4, -0.2) is 29.6 Å². The molecular weight excluding hydrogens is 144 g/mol. The molecule has 0 radical (unpaired) electrons. The van der Waals surface area contributed by atoms with E-state index < -0.39 is 0 Å². The molecule has 4 heteroatoms. The van der Waals surface area contributed by atoms with E-state index in [1.807, 2.05) is 10.7 Å². The Morgan fingerprint density at radius 3 is 3.55 bits per heavy atom. The number of rotatable bonds is 2. The van der Waals surface area contributed by atoms with Crippen LogP contribution < -0.4 is 4.74 Å². The standard InChI is InChI=1S/C7H10N2O2/c1-10-5-6-4-9-7(11-6)2-3-8-9/h2-3,6H,4-5H2,1H3. The first-order valence-electron chi connectivity index (χ1n) is 3.57. The Morgan fingerprint density at radius 2 is 2.82 bits per heavy atom. The third-order valence-corrected chi connectivity index (χ3v) is 1.69. The SMILES string of the molecule is COCC1Cn2nccc2O1. The molecule has 0 bridgehead atoms. The molecule has 0 amide bonds. The normalized spacial score (nSPS) is 21.4. The third-order valence-electron chi connectivity index (χ3n) is 1.69. The minimum Gasteiger partial charge on any atom is -0.470 e. The molecule has 1 aromatic rings. The second kappa shape index (κ2) is 2.54. The van der Waals surface area contributed by atoms with E-state index in [0.29, 0.717) is 6.61 Å². The van der Waals surface area contributed by atoms with Gasteiger partial charge in [0.2, 0.25) is 5.88 Å². The number of aromatic nitrogens is 2. The summed E-state index contributed by atoms with van der Waals surface area (Å²) in [5, 5.41) is 4.07. The molecule has 0 saturated carbocycles. The van der Waals surface area contributed by atoms with E-state index in [4.69, 9.17) is 9.47 Å². The van der Waals surface area contributed by atoms with Gasteiger partial charge in [-0.15, -0.1) is 0 Å². The zero-order chi connectivity index (χ0) is 7.68. The fraction of sp³-hybridized carbons (Fsp3) is 0.571. The molecule has 0 aliphatic carbocycles. The van der Waals surface area contributed by atoms with Gasteiger partial charge < -0.3 is 9.47 Å². The fourth-order valence-corrected chi connectivity index (χ4v) is 1.23. The first-order chi connectivity index (χ1) is 5.40. The van der Waals surface area contributed by atoms with Crippen molar-refractivity contribution in [1.29, 1.82) is 0 Å². The van der Waals surface area contributed by atoms with Crippen LogP contribution in [0.3, 0.4) is 0 Å². The summed E-state index contributed by atoms with van der Waals surface area (Å²) in [6, 6.07) is 1.86. The predicted octanol–water partition coefficient (Wildman–Crippen LogP) is 0.290. The lowest BCUT2D eigenvalue weighted by atomic mass is 10.4. The van der Waals surface area contributed by atoms with Gasteiger partial charge in [0, 0.05) is 13.2 Å². The third kappa shape index (κ3) is 1.09. The van der Waals surface area contributed by atoms with Crippen molar-refractivity contribution in [2.24, 2.45) is 0 Å². The maximum absolute atomic E-state index is 5.46. The topological polar surface area (TPSA) is 36.3 Å². The van der Waals surface area contributed by atoms with Crippen molar-refractivity contribution < 1.29 is 9.47 Å². The van der Waals surface area contributed by atoms with Crippen molar-refractivity contribution >= 4 is 0 Å². The molecule has 1 atom stereocenters. The average molecular weight is 154 g/mol. The lowest BCUT2D eigenvalue weighted by Gasteiger charge is -2.06. The zero-order valence-corrected chi connectivity index (χ0v) is 6.36. The molecule has 2 heterocycles. The van der Waals surface area contributed by atoms with E-state index in [0.717, 1.165) is 12.4 Å². The average Bonchev–Trinajstić information content (AvgIpc) is 2.46. The summed E-state index contributed by atoms with van der Waals surface area (Å²) in [4.78, 5) is 0. The fourth-order valence-electron chi connectivity index (χ4n) is 1.23. The highest BCUT2D eigenvalue weighted by Gasteiger charge is 2.22. The Labute approximate surface area is 64.7 Å². The second-order valence-corrected chi connectivity index (χ2v) is 2.55. The maximum Gasteiger partial charge on any atom is 0.212 e. The highest BCUT2D eigenvalue weighted by molar-refractivity contribution is 5.11. The summed E-state index contributed by atoms with van der Waals surface area (Å²) >= 11 is 0. The van der Waals surface area contributed by atoms with Crippen LogP contribution in [0.4, 0.5) is 0 Å². The molecule has 1 unspecified atom stereocenters. The number of hydrogen-bond acceptors (Lipinski definition) is 3. The summed E-state index contributed by atoms with van der Waals surface area (Å²) in [7, 11) is 1.67. The number of methoxy groups -OCH3 is 1. The molecule has 0 spiro atoms. The lowest BCUT2D eigenvalue weighted by Crippen LogP contribution is -2.20. The highest BCUT2D eigenvalue weighted by atomic mass is 16.5. The van der Waals surface area contributed by atoms with Gasteiger partial charge in [-0.05, 0) is 0 Å². The highest BCUT2D eigenvalue weighted by Crippen LogP contribution is 2.19. The number of nitrogens with zero attached hydrogens (tertiary/aromatic N) is 2. The summed E-state index contributed by atoms with van der Waals surface area (Å²) in [6.45, 7) is 1.43. The summed E-state index contributed by atoms with van der Waals surface area (Å²) in [6.07, 6.45) is 1.88. The maximum atomic E-state index is 5.46. The quantitative estimate of drug-likeness (QED) is 0.614. The van der Waals surface area contributed by atoms with E-state index in [1.54, 1.807) is 13.3 Å². The van der Waals surface area contributed by atoms with Crippen molar-refractivity contribution in [2.45, 2.75) is 12.6 Å². The Bertz CT molecular complexity index is 226. The van der Waals surface area contributed by atoms with Crippen molar-refractivity contribution in [3.05, 3.63) is 12.3 Å². The van der Waals surface area contributed by atoms with Gasteiger partial charge in [-0.25, -0.2) is 4.68 Å². The Kier molecular flexibility index (Phi) is 1.54. The molecule has 11 heavy (non-hydrogen) atoms.